The Morgan fingerprint density at radius 3 is 2.55 bits per heavy atom. The molecular weight excluding hydrogens is 272 g/mol. The molecule has 122 valence electrons. The summed E-state index contributed by atoms with van der Waals surface area (Å²) in [7, 11) is 1.74. The van der Waals surface area contributed by atoms with E-state index >= 15 is 0 Å². The minimum absolute atomic E-state index is 0.854. The molecule has 0 spiro atoms. The van der Waals surface area contributed by atoms with Crippen LogP contribution in [0.3, 0.4) is 0 Å². The number of hydrogen-bond acceptors (Lipinski definition) is 3. The van der Waals surface area contributed by atoms with Gasteiger partial charge in [0.2, 0.25) is 0 Å². The average Bonchev–Trinajstić information content (AvgIpc) is 2.53. The van der Waals surface area contributed by atoms with Gasteiger partial charge in [0.1, 0.15) is 5.75 Å². The van der Waals surface area contributed by atoms with Gasteiger partial charge in [-0.3, -0.25) is 4.90 Å². The lowest BCUT2D eigenvalue weighted by molar-refractivity contribution is 0.326. The molecule has 0 heterocycles. The Morgan fingerprint density at radius 1 is 1.23 bits per heavy atom. The topological polar surface area (TPSA) is 24.5 Å². The molecule has 0 amide bonds. The number of ether oxygens (including phenoxy) is 1. The van der Waals surface area contributed by atoms with E-state index in [-0.39, 0.29) is 0 Å². The van der Waals surface area contributed by atoms with E-state index in [0.717, 1.165) is 38.5 Å². The summed E-state index contributed by atoms with van der Waals surface area (Å²) in [6, 6.07) is 6.47. The molecule has 0 aliphatic rings. The fraction of sp³-hybridized carbons (Fsp3) is 0.474. The molecule has 3 nitrogen and oxygen atoms in total. The van der Waals surface area contributed by atoms with Crippen LogP contribution in [0.4, 0.5) is 0 Å². The van der Waals surface area contributed by atoms with Crippen molar-refractivity contribution in [2.75, 3.05) is 26.7 Å². The molecule has 0 unspecified atom stereocenters. The SMILES string of the molecule is C=CCN(CC=C)Cc1ccc(CNCCCC)c(OC)c1. The van der Waals surface area contributed by atoms with Gasteiger partial charge < -0.3 is 10.1 Å². The van der Waals surface area contributed by atoms with E-state index in [0.29, 0.717) is 0 Å². The Kier molecular flexibility index (Phi) is 9.28. The largest absolute Gasteiger partial charge is 0.496 e. The second-order valence-electron chi connectivity index (χ2n) is 5.45. The van der Waals surface area contributed by atoms with Crippen LogP contribution in [0, 0.1) is 0 Å². The Labute approximate surface area is 135 Å². The molecule has 22 heavy (non-hydrogen) atoms. The fourth-order valence-electron chi connectivity index (χ4n) is 2.39. The maximum atomic E-state index is 5.55. The third-order valence-corrected chi connectivity index (χ3v) is 3.55. The van der Waals surface area contributed by atoms with Crippen molar-refractivity contribution in [2.45, 2.75) is 32.9 Å². The van der Waals surface area contributed by atoms with Crippen molar-refractivity contribution in [2.24, 2.45) is 0 Å². The number of unbranched alkanes of at least 4 members (excludes halogenated alkanes) is 1. The standard InChI is InChI=1S/C19H30N2O/c1-5-8-11-20-15-18-10-9-17(14-19(18)22-4)16-21(12-6-2)13-7-3/h6-7,9-10,14,20H,2-3,5,8,11-13,15-16H2,1,4H3. The van der Waals surface area contributed by atoms with Crippen LogP contribution in [-0.4, -0.2) is 31.6 Å². The molecule has 0 aliphatic carbocycles. The van der Waals surface area contributed by atoms with Crippen LogP contribution in [0.1, 0.15) is 30.9 Å². The van der Waals surface area contributed by atoms with Crippen LogP contribution in [0.5, 0.6) is 5.75 Å². The zero-order valence-electron chi connectivity index (χ0n) is 14.1. The van der Waals surface area contributed by atoms with Gasteiger partial charge in [-0.15, -0.1) is 13.2 Å². The number of nitrogens with zero attached hydrogens (tertiary/aromatic N) is 1. The molecule has 0 fully saturated rings. The number of hydrogen-bond donors (Lipinski definition) is 1. The monoisotopic (exact) mass is 302 g/mol. The van der Waals surface area contributed by atoms with Crippen molar-refractivity contribution in [1.29, 1.82) is 0 Å². The van der Waals surface area contributed by atoms with Crippen molar-refractivity contribution >= 4 is 0 Å². The summed E-state index contributed by atoms with van der Waals surface area (Å²) in [6.07, 6.45) is 6.27. The van der Waals surface area contributed by atoms with Gasteiger partial charge in [0.15, 0.2) is 0 Å². The smallest absolute Gasteiger partial charge is 0.123 e. The lowest BCUT2D eigenvalue weighted by Crippen LogP contribution is -2.23. The Morgan fingerprint density at radius 2 is 1.95 bits per heavy atom. The first-order valence-electron chi connectivity index (χ1n) is 8.05. The molecule has 0 radical (unpaired) electrons. The van der Waals surface area contributed by atoms with Crippen molar-refractivity contribution < 1.29 is 4.74 Å². The van der Waals surface area contributed by atoms with Crippen molar-refractivity contribution in [3.05, 3.63) is 54.6 Å². The van der Waals surface area contributed by atoms with Crippen LogP contribution >= 0.6 is 0 Å². The molecule has 1 aromatic carbocycles. The van der Waals surface area contributed by atoms with Crippen LogP contribution in [0.15, 0.2) is 43.5 Å². The highest BCUT2D eigenvalue weighted by molar-refractivity contribution is 5.37. The molecule has 3 heteroatoms. The molecule has 0 aromatic heterocycles. The molecule has 0 atom stereocenters. The molecular formula is C19H30N2O. The third kappa shape index (κ3) is 6.46. The van der Waals surface area contributed by atoms with Crippen molar-refractivity contribution in [3.63, 3.8) is 0 Å². The van der Waals surface area contributed by atoms with Crippen LogP contribution in [0.2, 0.25) is 0 Å². The van der Waals surface area contributed by atoms with E-state index in [9.17, 15) is 0 Å². The normalized spacial score (nSPS) is 10.7. The maximum absolute atomic E-state index is 5.55. The number of methoxy groups -OCH3 is 1. The van der Waals surface area contributed by atoms with Gasteiger partial charge in [-0.1, -0.05) is 37.6 Å². The average molecular weight is 302 g/mol. The summed E-state index contributed by atoms with van der Waals surface area (Å²) in [5.41, 5.74) is 2.46. The van der Waals surface area contributed by atoms with E-state index in [4.69, 9.17) is 4.74 Å². The van der Waals surface area contributed by atoms with E-state index in [2.05, 4.69) is 48.5 Å². The molecule has 1 N–H and O–H groups in total. The van der Waals surface area contributed by atoms with Gasteiger partial charge in [-0.05, 0) is 24.6 Å². The molecule has 1 rings (SSSR count). The summed E-state index contributed by atoms with van der Waals surface area (Å²) < 4.78 is 5.55. The third-order valence-electron chi connectivity index (χ3n) is 3.55. The molecule has 0 aliphatic heterocycles. The predicted octanol–water partition coefficient (Wildman–Crippen LogP) is 3.76. The lowest BCUT2D eigenvalue weighted by Gasteiger charge is -2.20. The maximum Gasteiger partial charge on any atom is 0.123 e. The first-order chi connectivity index (χ1) is 10.7. The van der Waals surface area contributed by atoms with Crippen LogP contribution in [-0.2, 0) is 13.1 Å². The van der Waals surface area contributed by atoms with Gasteiger partial charge in [0.05, 0.1) is 7.11 Å². The minimum atomic E-state index is 0.854. The van der Waals surface area contributed by atoms with Crippen molar-refractivity contribution in [3.8, 4) is 5.75 Å². The Hall–Kier alpha value is -1.58. The molecule has 0 saturated carbocycles. The van der Waals surface area contributed by atoms with Gasteiger partial charge >= 0.3 is 0 Å². The van der Waals surface area contributed by atoms with E-state index in [1.807, 2.05) is 12.2 Å². The second kappa shape index (κ2) is 11.0. The van der Waals surface area contributed by atoms with Gasteiger partial charge in [-0.25, -0.2) is 0 Å². The Bertz CT molecular complexity index is 447. The summed E-state index contributed by atoms with van der Waals surface area (Å²) in [4.78, 5) is 2.29. The molecule has 0 bridgehead atoms. The summed E-state index contributed by atoms with van der Waals surface area (Å²) in [5, 5.41) is 3.46. The molecule has 0 saturated heterocycles. The van der Waals surface area contributed by atoms with E-state index in [1.165, 1.54) is 24.0 Å². The fourth-order valence-corrected chi connectivity index (χ4v) is 2.39. The summed E-state index contributed by atoms with van der Waals surface area (Å²) in [5.74, 6) is 0.957. The van der Waals surface area contributed by atoms with Crippen LogP contribution in [0.25, 0.3) is 0 Å². The lowest BCUT2D eigenvalue weighted by atomic mass is 10.1. The summed E-state index contributed by atoms with van der Waals surface area (Å²) in [6.45, 7) is 14.3. The quantitative estimate of drug-likeness (QED) is 0.470. The zero-order chi connectivity index (χ0) is 16.2. The van der Waals surface area contributed by atoms with Gasteiger partial charge in [0.25, 0.3) is 0 Å². The van der Waals surface area contributed by atoms with Crippen molar-refractivity contribution in [1.82, 2.24) is 10.2 Å². The molecule has 1 aromatic rings. The second-order valence-corrected chi connectivity index (χ2v) is 5.45. The Balaban J connectivity index is 2.69. The highest BCUT2D eigenvalue weighted by atomic mass is 16.5. The highest BCUT2D eigenvalue weighted by Crippen LogP contribution is 2.21. The number of benzene rings is 1. The van der Waals surface area contributed by atoms with Gasteiger partial charge in [0, 0.05) is 31.7 Å². The van der Waals surface area contributed by atoms with E-state index < -0.39 is 0 Å². The number of rotatable bonds is 12. The predicted molar refractivity (Wildman–Crippen MR) is 95.3 cm³/mol. The zero-order valence-corrected chi connectivity index (χ0v) is 14.1. The number of nitrogens with one attached hydrogen (secondary N) is 1. The van der Waals surface area contributed by atoms with E-state index in [1.54, 1.807) is 7.11 Å². The van der Waals surface area contributed by atoms with Gasteiger partial charge in [-0.2, -0.15) is 0 Å². The summed E-state index contributed by atoms with van der Waals surface area (Å²) >= 11 is 0. The first-order valence-corrected chi connectivity index (χ1v) is 8.05. The minimum Gasteiger partial charge on any atom is -0.496 e. The van der Waals surface area contributed by atoms with Crippen LogP contribution < -0.4 is 10.1 Å². The highest BCUT2D eigenvalue weighted by Gasteiger charge is 2.07. The first kappa shape index (κ1) is 18.5.